The molecule has 0 bridgehead atoms. The van der Waals surface area contributed by atoms with Gasteiger partial charge in [0.25, 0.3) is 0 Å². The van der Waals surface area contributed by atoms with Crippen LogP contribution < -0.4 is 5.32 Å². The van der Waals surface area contributed by atoms with Crippen LogP contribution in [-0.2, 0) is 17.6 Å². The van der Waals surface area contributed by atoms with Crippen LogP contribution in [0.15, 0.2) is 46.9 Å². The molecular weight excluding hydrogens is 321 g/mol. The van der Waals surface area contributed by atoms with E-state index >= 15 is 0 Å². The van der Waals surface area contributed by atoms with Crippen molar-refractivity contribution in [2.75, 3.05) is 5.32 Å². The number of hydrogen-bond acceptors (Lipinski definition) is 1. The molecule has 4 heteroatoms. The maximum atomic E-state index is 13.6. The second kappa shape index (κ2) is 6.66. The molecule has 0 heterocycles. The Morgan fingerprint density at radius 3 is 2.40 bits per heavy atom. The molecule has 0 spiro atoms. The number of rotatable bonds is 4. The summed E-state index contributed by atoms with van der Waals surface area (Å²) in [6.07, 6.45) is 1.20. The average molecular weight is 336 g/mol. The van der Waals surface area contributed by atoms with Crippen molar-refractivity contribution in [3.63, 3.8) is 0 Å². The van der Waals surface area contributed by atoms with Crippen molar-refractivity contribution in [1.29, 1.82) is 0 Å². The number of benzene rings is 2. The minimum atomic E-state index is -0.450. The summed E-state index contributed by atoms with van der Waals surface area (Å²) in [5.41, 5.74) is 2.34. The molecule has 0 aromatic heterocycles. The fraction of sp³-hybridized carbons (Fsp3) is 0.188. The highest BCUT2D eigenvalue weighted by Crippen LogP contribution is 2.19. The van der Waals surface area contributed by atoms with Crippen LogP contribution in [0.3, 0.4) is 0 Å². The zero-order valence-corrected chi connectivity index (χ0v) is 12.7. The van der Waals surface area contributed by atoms with E-state index in [1.54, 1.807) is 6.07 Å². The lowest BCUT2D eigenvalue weighted by molar-refractivity contribution is -0.115. The van der Waals surface area contributed by atoms with Gasteiger partial charge in [0.2, 0.25) is 5.91 Å². The van der Waals surface area contributed by atoms with Crippen LogP contribution in [0.25, 0.3) is 0 Å². The lowest BCUT2D eigenvalue weighted by Crippen LogP contribution is -2.15. The molecule has 2 rings (SSSR count). The Kier molecular flexibility index (Phi) is 4.90. The van der Waals surface area contributed by atoms with E-state index in [1.165, 1.54) is 17.7 Å². The van der Waals surface area contributed by atoms with E-state index in [0.29, 0.717) is 4.47 Å². The summed E-state index contributed by atoms with van der Waals surface area (Å²) in [4.78, 5) is 11.9. The lowest BCUT2D eigenvalue weighted by Gasteiger charge is -2.07. The third-order valence-electron chi connectivity index (χ3n) is 3.00. The molecule has 2 nitrogen and oxygen atoms in total. The van der Waals surface area contributed by atoms with E-state index in [2.05, 4.69) is 28.2 Å². The molecule has 0 saturated heterocycles. The van der Waals surface area contributed by atoms with Crippen LogP contribution in [0.2, 0.25) is 0 Å². The molecule has 0 radical (unpaired) electrons. The predicted molar refractivity (Wildman–Crippen MR) is 82.3 cm³/mol. The van der Waals surface area contributed by atoms with Gasteiger partial charge >= 0.3 is 0 Å². The quantitative estimate of drug-likeness (QED) is 0.885. The molecule has 1 amide bonds. The molecule has 104 valence electrons. The van der Waals surface area contributed by atoms with Crippen LogP contribution in [0.4, 0.5) is 10.1 Å². The Bertz CT molecular complexity index is 610. The van der Waals surface area contributed by atoms with E-state index in [0.717, 1.165) is 12.0 Å². The first kappa shape index (κ1) is 14.7. The van der Waals surface area contributed by atoms with E-state index in [9.17, 15) is 9.18 Å². The number of carbonyl (C=O) groups excluding carboxylic acids is 1. The summed E-state index contributed by atoms with van der Waals surface area (Å²) in [6, 6.07) is 12.4. The summed E-state index contributed by atoms with van der Waals surface area (Å²) in [6.45, 7) is 2.08. The Balaban J connectivity index is 2.01. The molecule has 2 aromatic carbocycles. The van der Waals surface area contributed by atoms with Gasteiger partial charge in [-0.3, -0.25) is 4.79 Å². The normalized spacial score (nSPS) is 10.3. The van der Waals surface area contributed by atoms with Gasteiger partial charge in [0, 0.05) is 4.47 Å². The SMILES string of the molecule is CCc1ccc(CC(=O)Nc2ccc(Br)cc2F)cc1. The van der Waals surface area contributed by atoms with Gasteiger partial charge in [0.15, 0.2) is 0 Å². The number of anilines is 1. The van der Waals surface area contributed by atoms with Crippen LogP contribution in [0.5, 0.6) is 0 Å². The van der Waals surface area contributed by atoms with Crippen molar-refractivity contribution >= 4 is 27.5 Å². The topological polar surface area (TPSA) is 29.1 Å². The zero-order chi connectivity index (χ0) is 14.5. The van der Waals surface area contributed by atoms with Gasteiger partial charge < -0.3 is 5.32 Å². The Morgan fingerprint density at radius 2 is 1.80 bits per heavy atom. The van der Waals surface area contributed by atoms with Gasteiger partial charge in [-0.1, -0.05) is 47.1 Å². The molecule has 0 aliphatic heterocycles. The average Bonchev–Trinajstić information content (AvgIpc) is 2.43. The third-order valence-corrected chi connectivity index (χ3v) is 3.49. The number of amides is 1. The first-order valence-electron chi connectivity index (χ1n) is 6.41. The molecule has 0 unspecified atom stereocenters. The number of aryl methyl sites for hydroxylation is 1. The number of nitrogens with one attached hydrogen (secondary N) is 1. The maximum Gasteiger partial charge on any atom is 0.228 e. The van der Waals surface area contributed by atoms with Gasteiger partial charge in [-0.05, 0) is 35.7 Å². The molecule has 0 atom stereocenters. The van der Waals surface area contributed by atoms with E-state index in [1.807, 2.05) is 24.3 Å². The molecule has 0 aliphatic carbocycles. The van der Waals surface area contributed by atoms with Crippen molar-refractivity contribution in [3.8, 4) is 0 Å². The highest BCUT2D eigenvalue weighted by atomic mass is 79.9. The van der Waals surface area contributed by atoms with Gasteiger partial charge in [0.1, 0.15) is 5.82 Å². The Hall–Kier alpha value is -1.68. The van der Waals surface area contributed by atoms with E-state index in [4.69, 9.17) is 0 Å². The molecule has 1 N–H and O–H groups in total. The predicted octanol–water partition coefficient (Wildman–Crippen LogP) is 4.33. The molecular formula is C16H15BrFNO. The van der Waals surface area contributed by atoms with E-state index in [-0.39, 0.29) is 18.0 Å². The van der Waals surface area contributed by atoms with Crippen molar-refractivity contribution < 1.29 is 9.18 Å². The highest BCUT2D eigenvalue weighted by Gasteiger charge is 2.08. The molecule has 20 heavy (non-hydrogen) atoms. The fourth-order valence-corrected chi connectivity index (χ4v) is 2.20. The first-order chi connectivity index (χ1) is 9.58. The van der Waals surface area contributed by atoms with Crippen molar-refractivity contribution in [1.82, 2.24) is 0 Å². The zero-order valence-electron chi connectivity index (χ0n) is 11.1. The summed E-state index contributed by atoms with van der Waals surface area (Å²) >= 11 is 3.18. The number of hydrogen-bond donors (Lipinski definition) is 1. The van der Waals surface area contributed by atoms with Gasteiger partial charge in [-0.25, -0.2) is 4.39 Å². The van der Waals surface area contributed by atoms with Gasteiger partial charge in [0.05, 0.1) is 12.1 Å². The minimum Gasteiger partial charge on any atom is -0.323 e. The molecule has 2 aromatic rings. The summed E-state index contributed by atoms with van der Waals surface area (Å²) < 4.78 is 14.2. The lowest BCUT2D eigenvalue weighted by atomic mass is 10.1. The molecule has 0 fully saturated rings. The molecule has 0 aliphatic rings. The van der Waals surface area contributed by atoms with Crippen molar-refractivity contribution in [2.45, 2.75) is 19.8 Å². The third kappa shape index (κ3) is 3.90. The summed E-state index contributed by atoms with van der Waals surface area (Å²) in [5, 5.41) is 2.58. The maximum absolute atomic E-state index is 13.6. The van der Waals surface area contributed by atoms with Gasteiger partial charge in [-0.2, -0.15) is 0 Å². The monoisotopic (exact) mass is 335 g/mol. The summed E-state index contributed by atoms with van der Waals surface area (Å²) in [7, 11) is 0. The standard InChI is InChI=1S/C16H15BrFNO/c1-2-11-3-5-12(6-4-11)9-16(20)19-15-8-7-13(17)10-14(15)18/h3-8,10H,2,9H2,1H3,(H,19,20). The Morgan fingerprint density at radius 1 is 1.15 bits per heavy atom. The number of carbonyl (C=O) groups is 1. The second-order valence-electron chi connectivity index (χ2n) is 4.52. The smallest absolute Gasteiger partial charge is 0.228 e. The van der Waals surface area contributed by atoms with Crippen molar-refractivity contribution in [2.24, 2.45) is 0 Å². The molecule has 0 saturated carbocycles. The number of halogens is 2. The van der Waals surface area contributed by atoms with Crippen LogP contribution in [0, 0.1) is 5.82 Å². The second-order valence-corrected chi connectivity index (χ2v) is 5.43. The Labute approximate surface area is 126 Å². The van der Waals surface area contributed by atoms with Crippen LogP contribution in [-0.4, -0.2) is 5.91 Å². The summed E-state index contributed by atoms with van der Waals surface area (Å²) in [5.74, 6) is -0.676. The van der Waals surface area contributed by atoms with Gasteiger partial charge in [-0.15, -0.1) is 0 Å². The first-order valence-corrected chi connectivity index (χ1v) is 7.20. The fourth-order valence-electron chi connectivity index (χ4n) is 1.86. The van der Waals surface area contributed by atoms with E-state index < -0.39 is 5.82 Å². The van der Waals surface area contributed by atoms with Crippen LogP contribution >= 0.6 is 15.9 Å². The minimum absolute atomic E-state index is 0.198. The van der Waals surface area contributed by atoms with Crippen molar-refractivity contribution in [3.05, 3.63) is 63.9 Å². The van der Waals surface area contributed by atoms with Crippen LogP contribution in [0.1, 0.15) is 18.1 Å². The highest BCUT2D eigenvalue weighted by molar-refractivity contribution is 9.10. The largest absolute Gasteiger partial charge is 0.323 e.